The Kier molecular flexibility index (Phi) is 7.14. The highest BCUT2D eigenvalue weighted by Gasteiger charge is 2.51. The largest absolute Gasteiger partial charge is 0.359 e. The van der Waals surface area contributed by atoms with E-state index >= 15 is 0 Å². The van der Waals surface area contributed by atoms with Gasteiger partial charge in [0.1, 0.15) is 0 Å². The van der Waals surface area contributed by atoms with Crippen LogP contribution in [0.5, 0.6) is 0 Å². The predicted octanol–water partition coefficient (Wildman–Crippen LogP) is 4.43. The van der Waals surface area contributed by atoms with Crippen molar-refractivity contribution in [2.75, 3.05) is 36.4 Å². The van der Waals surface area contributed by atoms with Crippen LogP contribution in [0.3, 0.4) is 0 Å². The first-order chi connectivity index (χ1) is 15.8. The Morgan fingerprint density at radius 3 is 2.79 bits per heavy atom. The summed E-state index contributed by atoms with van der Waals surface area (Å²) in [7, 11) is 0. The van der Waals surface area contributed by atoms with Crippen LogP contribution in [0.2, 0.25) is 10.0 Å². The van der Waals surface area contributed by atoms with Gasteiger partial charge in [0.2, 0.25) is 0 Å². The Balaban J connectivity index is 1.56. The van der Waals surface area contributed by atoms with Crippen LogP contribution < -0.4 is 15.5 Å². The highest BCUT2D eigenvalue weighted by molar-refractivity contribution is 6.42. The fourth-order valence-electron chi connectivity index (χ4n) is 4.60. The molecule has 7 nitrogen and oxygen atoms in total. The van der Waals surface area contributed by atoms with Gasteiger partial charge in [-0.05, 0) is 62.5 Å². The maximum absolute atomic E-state index is 13.4. The summed E-state index contributed by atoms with van der Waals surface area (Å²) in [5.41, 5.74) is -1.36. The van der Waals surface area contributed by atoms with Crippen LogP contribution in [-0.2, 0) is 10.5 Å². The molecule has 0 radical (unpaired) electrons. The van der Waals surface area contributed by atoms with Gasteiger partial charge >= 0.3 is 6.03 Å². The van der Waals surface area contributed by atoms with Crippen molar-refractivity contribution < 1.29 is 14.7 Å². The zero-order valence-corrected chi connectivity index (χ0v) is 20.0. The number of carbonyl (C=O) groups excluding carboxylic acids is 2. The number of nitrogens with one attached hydrogen (secondary N) is 2. The Morgan fingerprint density at radius 1 is 1.24 bits per heavy atom. The molecule has 0 aromatic heterocycles. The highest BCUT2D eigenvalue weighted by atomic mass is 35.5. The minimum atomic E-state index is -2.25. The van der Waals surface area contributed by atoms with E-state index < -0.39 is 17.7 Å². The molecule has 2 atom stereocenters. The lowest BCUT2D eigenvalue weighted by Crippen LogP contribution is -2.62. The summed E-state index contributed by atoms with van der Waals surface area (Å²) in [4.78, 5) is 29.9. The fourth-order valence-corrected chi connectivity index (χ4v) is 4.90. The normalized spacial score (nSPS) is 23.1. The zero-order valence-electron chi connectivity index (χ0n) is 18.5. The number of piperidine rings is 1. The number of halogens is 2. The van der Waals surface area contributed by atoms with Gasteiger partial charge in [0, 0.05) is 18.7 Å². The minimum absolute atomic E-state index is 0.208. The molecule has 2 aromatic carbocycles. The number of aliphatic hydroxyl groups is 1. The van der Waals surface area contributed by atoms with Crippen molar-refractivity contribution in [3.8, 4) is 0 Å². The second-order valence-electron chi connectivity index (χ2n) is 8.74. The average molecular weight is 491 g/mol. The Morgan fingerprint density at radius 2 is 2.03 bits per heavy atom. The van der Waals surface area contributed by atoms with Crippen molar-refractivity contribution in [2.24, 2.45) is 5.92 Å². The van der Waals surface area contributed by atoms with Crippen molar-refractivity contribution >= 4 is 46.5 Å². The van der Waals surface area contributed by atoms with Gasteiger partial charge in [0.15, 0.2) is 0 Å². The number of likely N-dealkylation sites (tertiary alicyclic amines) is 1. The Bertz CT molecular complexity index is 1050. The summed E-state index contributed by atoms with van der Waals surface area (Å²) in [6.07, 6.45) is 3.19. The molecule has 3 N–H and O–H groups in total. The summed E-state index contributed by atoms with van der Waals surface area (Å²) in [5, 5.41) is 17.9. The van der Waals surface area contributed by atoms with Crippen LogP contribution in [0.1, 0.15) is 31.7 Å². The zero-order chi connectivity index (χ0) is 23.6. The van der Waals surface area contributed by atoms with Crippen LogP contribution in [0.25, 0.3) is 0 Å². The second-order valence-corrected chi connectivity index (χ2v) is 9.55. The third kappa shape index (κ3) is 4.82. The van der Waals surface area contributed by atoms with Gasteiger partial charge in [-0.25, -0.2) is 4.79 Å². The first kappa shape index (κ1) is 23.8. The molecule has 3 amide bonds. The second kappa shape index (κ2) is 9.89. The first-order valence-electron chi connectivity index (χ1n) is 11.2. The molecular formula is C24H28Cl2N4O3. The number of para-hydroxylation sites is 1. The van der Waals surface area contributed by atoms with Crippen LogP contribution in [0, 0.1) is 5.92 Å². The quantitative estimate of drug-likeness (QED) is 0.522. The maximum Gasteiger partial charge on any atom is 0.329 e. The van der Waals surface area contributed by atoms with E-state index in [1.54, 1.807) is 24.3 Å². The molecule has 2 aliphatic heterocycles. The molecule has 9 heteroatoms. The predicted molar refractivity (Wildman–Crippen MR) is 131 cm³/mol. The van der Waals surface area contributed by atoms with E-state index in [0.29, 0.717) is 23.2 Å². The lowest BCUT2D eigenvalue weighted by atomic mass is 9.94. The van der Waals surface area contributed by atoms with Crippen molar-refractivity contribution in [1.29, 1.82) is 0 Å². The van der Waals surface area contributed by atoms with E-state index in [9.17, 15) is 14.7 Å². The van der Waals surface area contributed by atoms with E-state index in [1.807, 2.05) is 0 Å². The maximum atomic E-state index is 13.4. The summed E-state index contributed by atoms with van der Waals surface area (Å²) < 4.78 is 0. The number of urea groups is 1. The number of anilines is 2. The summed E-state index contributed by atoms with van der Waals surface area (Å²) >= 11 is 12.2. The number of benzene rings is 2. The van der Waals surface area contributed by atoms with Crippen molar-refractivity contribution in [3.63, 3.8) is 0 Å². The topological polar surface area (TPSA) is 84.9 Å². The van der Waals surface area contributed by atoms with Crippen LogP contribution >= 0.6 is 23.2 Å². The molecule has 0 aliphatic carbocycles. The average Bonchev–Trinajstić information content (AvgIpc) is 2.79. The molecule has 176 valence electrons. The van der Waals surface area contributed by atoms with Gasteiger partial charge in [-0.3, -0.25) is 9.69 Å². The molecular weight excluding hydrogens is 463 g/mol. The molecule has 0 spiro atoms. The van der Waals surface area contributed by atoms with Gasteiger partial charge in [0.05, 0.1) is 21.4 Å². The van der Waals surface area contributed by atoms with Gasteiger partial charge < -0.3 is 20.6 Å². The van der Waals surface area contributed by atoms with Crippen molar-refractivity contribution in [1.82, 2.24) is 10.2 Å². The molecule has 2 aliphatic rings. The number of hydrogen-bond donors (Lipinski definition) is 3. The third-order valence-electron chi connectivity index (χ3n) is 6.23. The lowest BCUT2D eigenvalue weighted by Gasteiger charge is -2.42. The first-order valence-corrected chi connectivity index (χ1v) is 11.9. The molecule has 2 heterocycles. The Labute approximate surface area is 203 Å². The summed E-state index contributed by atoms with van der Waals surface area (Å²) in [6, 6.07) is 10.6. The molecule has 33 heavy (non-hydrogen) atoms. The molecule has 1 saturated heterocycles. The lowest BCUT2D eigenvalue weighted by molar-refractivity contribution is -0.140. The molecule has 0 saturated carbocycles. The smallest absolute Gasteiger partial charge is 0.329 e. The highest BCUT2D eigenvalue weighted by Crippen LogP contribution is 2.41. The van der Waals surface area contributed by atoms with Crippen molar-refractivity contribution in [3.05, 3.63) is 58.1 Å². The van der Waals surface area contributed by atoms with Crippen molar-refractivity contribution in [2.45, 2.75) is 31.9 Å². The summed E-state index contributed by atoms with van der Waals surface area (Å²) in [5.74, 6) is 0.00829. The number of rotatable bonds is 6. The number of nitrogens with zero attached hydrogens (tertiary/aromatic N) is 2. The van der Waals surface area contributed by atoms with Gasteiger partial charge in [-0.15, -0.1) is 0 Å². The van der Waals surface area contributed by atoms with Gasteiger partial charge in [-0.1, -0.05) is 48.3 Å². The molecule has 1 fully saturated rings. The molecule has 2 aromatic rings. The van der Waals surface area contributed by atoms with E-state index in [0.717, 1.165) is 31.0 Å². The number of hydrogen-bond acceptors (Lipinski definition) is 4. The van der Waals surface area contributed by atoms with E-state index in [4.69, 9.17) is 23.2 Å². The van der Waals surface area contributed by atoms with Crippen LogP contribution in [0.15, 0.2) is 42.5 Å². The SMILES string of the molecule is C[C@@H]1CCCN(CCCNC(=O)[C@]2(O)c3ccccc3NC(=O)N2c2ccc(Cl)c(Cl)c2)C1. The number of fused-ring (bicyclic) bond motifs is 1. The molecule has 0 unspecified atom stereocenters. The van der Waals surface area contributed by atoms with Crippen LogP contribution in [0.4, 0.5) is 16.2 Å². The van der Waals surface area contributed by atoms with E-state index in [-0.39, 0.29) is 16.3 Å². The Hall–Kier alpha value is -2.32. The molecule has 4 rings (SSSR count). The fraction of sp³-hybridized carbons (Fsp3) is 0.417. The third-order valence-corrected chi connectivity index (χ3v) is 6.97. The van der Waals surface area contributed by atoms with E-state index in [2.05, 4.69) is 22.5 Å². The van der Waals surface area contributed by atoms with Gasteiger partial charge in [-0.2, -0.15) is 0 Å². The summed E-state index contributed by atoms with van der Waals surface area (Å²) in [6.45, 7) is 5.64. The minimum Gasteiger partial charge on any atom is -0.359 e. The number of amides is 3. The molecule has 0 bridgehead atoms. The monoisotopic (exact) mass is 490 g/mol. The van der Waals surface area contributed by atoms with E-state index in [1.165, 1.54) is 31.0 Å². The van der Waals surface area contributed by atoms with Crippen LogP contribution in [-0.4, -0.2) is 48.1 Å². The standard InChI is InChI=1S/C24H28Cl2N4O3/c1-16-6-4-12-29(15-16)13-5-11-27-22(31)24(33)18-7-2-3-8-21(18)28-23(32)30(24)17-9-10-19(25)20(26)14-17/h2-3,7-10,14,16,33H,4-6,11-13,15H2,1H3,(H,27,31)(H,28,32)/t16-,24-/m1/s1. The van der Waals surface area contributed by atoms with Gasteiger partial charge in [0.25, 0.3) is 11.6 Å². The number of carbonyl (C=O) groups is 2.